The van der Waals surface area contributed by atoms with Gasteiger partial charge in [0.1, 0.15) is 11.9 Å². The minimum atomic E-state index is -1.09. The molecule has 4 heteroatoms. The second kappa shape index (κ2) is 9.29. The largest absolute Gasteiger partial charge is 0.463 e. The van der Waals surface area contributed by atoms with Crippen LogP contribution >= 0.6 is 0 Å². The van der Waals surface area contributed by atoms with Crippen LogP contribution in [0.15, 0.2) is 35.9 Å². The fourth-order valence-corrected chi connectivity index (χ4v) is 2.00. The third-order valence-corrected chi connectivity index (χ3v) is 3.16. The topological polar surface area (TPSA) is 46.5 Å². The quantitative estimate of drug-likeness (QED) is 0.449. The second-order valence-corrected chi connectivity index (χ2v) is 4.83. The Hall–Kier alpha value is -1.68. The molecule has 0 aromatic heterocycles. The van der Waals surface area contributed by atoms with Gasteiger partial charge >= 0.3 is 5.97 Å². The highest BCUT2D eigenvalue weighted by Crippen LogP contribution is 2.24. The average Bonchev–Trinajstić information content (AvgIpc) is 2.47. The van der Waals surface area contributed by atoms with E-state index in [1.165, 1.54) is 24.3 Å². The molecule has 0 aliphatic rings. The maximum absolute atomic E-state index is 12.9. The molecule has 1 N–H and O–H groups in total. The highest BCUT2D eigenvalue weighted by atomic mass is 19.1. The molecular formula is C17H23FO3. The van der Waals surface area contributed by atoms with Gasteiger partial charge in [-0.2, -0.15) is 0 Å². The molecule has 1 aromatic rings. The van der Waals surface area contributed by atoms with Crippen molar-refractivity contribution in [3.63, 3.8) is 0 Å². The summed E-state index contributed by atoms with van der Waals surface area (Å²) in [5.41, 5.74) is 0.700. The number of carbonyl (C=O) groups is 1. The number of benzene rings is 1. The molecule has 0 amide bonds. The van der Waals surface area contributed by atoms with Crippen LogP contribution in [0.1, 0.15) is 51.2 Å². The van der Waals surface area contributed by atoms with Crippen LogP contribution in [0.4, 0.5) is 4.39 Å². The Kier molecular flexibility index (Phi) is 7.69. The van der Waals surface area contributed by atoms with Crippen LogP contribution in [0.25, 0.3) is 0 Å². The first-order chi connectivity index (χ1) is 10.1. The predicted octanol–water partition coefficient (Wildman–Crippen LogP) is 3.93. The number of hydrogen-bond donors (Lipinski definition) is 1. The van der Waals surface area contributed by atoms with Crippen molar-refractivity contribution >= 4 is 5.97 Å². The Morgan fingerprint density at radius 2 is 1.95 bits per heavy atom. The van der Waals surface area contributed by atoms with Gasteiger partial charge in [-0.1, -0.05) is 38.0 Å². The first kappa shape index (κ1) is 17.4. The number of esters is 1. The van der Waals surface area contributed by atoms with Crippen molar-refractivity contribution in [3.05, 3.63) is 47.3 Å². The van der Waals surface area contributed by atoms with Crippen molar-refractivity contribution in [1.29, 1.82) is 0 Å². The number of aliphatic hydroxyl groups is 1. The molecule has 21 heavy (non-hydrogen) atoms. The molecule has 0 spiro atoms. The Balaban J connectivity index is 2.88. The SMILES string of the molecule is CCCCC/C=C(\C(=O)OCC)[C@H](O)c1ccc(F)cc1. The van der Waals surface area contributed by atoms with Crippen LogP contribution in [0, 0.1) is 5.82 Å². The smallest absolute Gasteiger partial charge is 0.336 e. The summed E-state index contributed by atoms with van der Waals surface area (Å²) in [4.78, 5) is 12.0. The standard InChI is InChI=1S/C17H23FO3/c1-3-5-6-7-8-15(17(20)21-4-2)16(19)13-9-11-14(18)12-10-13/h8-12,16,19H,3-7H2,1-2H3/b15-8-/t16-/m1/s1. The highest BCUT2D eigenvalue weighted by Gasteiger charge is 2.21. The molecule has 1 aromatic carbocycles. The Morgan fingerprint density at radius 3 is 2.52 bits per heavy atom. The maximum atomic E-state index is 12.9. The lowest BCUT2D eigenvalue weighted by molar-refractivity contribution is -0.139. The summed E-state index contributed by atoms with van der Waals surface area (Å²) >= 11 is 0. The fraction of sp³-hybridized carbons (Fsp3) is 0.471. The first-order valence-corrected chi connectivity index (χ1v) is 7.40. The molecule has 0 heterocycles. The van der Waals surface area contributed by atoms with Gasteiger partial charge in [0.05, 0.1) is 12.2 Å². The van der Waals surface area contributed by atoms with Gasteiger partial charge in [0, 0.05) is 0 Å². The van der Waals surface area contributed by atoms with E-state index in [1.54, 1.807) is 13.0 Å². The van der Waals surface area contributed by atoms with E-state index in [0.717, 1.165) is 19.3 Å². The number of hydrogen-bond acceptors (Lipinski definition) is 3. The third kappa shape index (κ3) is 5.68. The number of halogens is 1. The van der Waals surface area contributed by atoms with Gasteiger partial charge in [-0.05, 0) is 37.5 Å². The van der Waals surface area contributed by atoms with Gasteiger partial charge in [-0.3, -0.25) is 0 Å². The van der Waals surface area contributed by atoms with Gasteiger partial charge in [0.2, 0.25) is 0 Å². The lowest BCUT2D eigenvalue weighted by Gasteiger charge is -2.14. The molecule has 0 unspecified atom stereocenters. The number of rotatable bonds is 8. The number of unbranched alkanes of at least 4 members (excludes halogenated alkanes) is 3. The van der Waals surface area contributed by atoms with Crippen molar-refractivity contribution in [3.8, 4) is 0 Å². The molecule has 1 atom stereocenters. The zero-order valence-electron chi connectivity index (χ0n) is 12.6. The summed E-state index contributed by atoms with van der Waals surface area (Å²) in [6.07, 6.45) is 4.45. The lowest BCUT2D eigenvalue weighted by atomic mass is 10.00. The van der Waals surface area contributed by atoms with E-state index in [9.17, 15) is 14.3 Å². The summed E-state index contributed by atoms with van der Waals surface area (Å²) in [7, 11) is 0. The van der Waals surface area contributed by atoms with Crippen molar-refractivity contribution in [2.75, 3.05) is 6.61 Å². The van der Waals surface area contributed by atoms with Crippen LogP contribution < -0.4 is 0 Å². The van der Waals surface area contributed by atoms with E-state index in [0.29, 0.717) is 12.0 Å². The zero-order chi connectivity index (χ0) is 15.7. The molecule has 116 valence electrons. The van der Waals surface area contributed by atoms with Crippen LogP contribution in [-0.4, -0.2) is 17.7 Å². The summed E-state index contributed by atoms with van der Waals surface area (Å²) in [5.74, 6) is -0.901. The Bertz CT molecular complexity index is 465. The molecule has 0 fully saturated rings. The van der Waals surface area contributed by atoms with Crippen LogP contribution in [0.3, 0.4) is 0 Å². The predicted molar refractivity (Wildman–Crippen MR) is 80.2 cm³/mol. The van der Waals surface area contributed by atoms with Crippen LogP contribution in [0.2, 0.25) is 0 Å². The molecule has 0 saturated carbocycles. The van der Waals surface area contributed by atoms with Crippen molar-refractivity contribution in [1.82, 2.24) is 0 Å². The van der Waals surface area contributed by atoms with E-state index < -0.39 is 12.1 Å². The van der Waals surface area contributed by atoms with Crippen LogP contribution in [-0.2, 0) is 9.53 Å². The minimum Gasteiger partial charge on any atom is -0.463 e. The maximum Gasteiger partial charge on any atom is 0.336 e. The van der Waals surface area contributed by atoms with Crippen molar-refractivity contribution in [2.24, 2.45) is 0 Å². The molecule has 3 nitrogen and oxygen atoms in total. The fourth-order valence-electron chi connectivity index (χ4n) is 2.00. The van der Waals surface area contributed by atoms with E-state index in [2.05, 4.69) is 6.92 Å². The Morgan fingerprint density at radius 1 is 1.29 bits per heavy atom. The van der Waals surface area contributed by atoms with Gasteiger partial charge in [0.25, 0.3) is 0 Å². The summed E-state index contributed by atoms with van der Waals surface area (Å²) in [5, 5.41) is 10.3. The lowest BCUT2D eigenvalue weighted by Crippen LogP contribution is -2.15. The van der Waals surface area contributed by atoms with Gasteiger partial charge in [-0.25, -0.2) is 9.18 Å². The van der Waals surface area contributed by atoms with Crippen LogP contribution in [0.5, 0.6) is 0 Å². The number of carbonyl (C=O) groups excluding carboxylic acids is 1. The summed E-state index contributed by atoms with van der Waals surface area (Å²) in [6.45, 7) is 4.07. The average molecular weight is 294 g/mol. The van der Waals surface area contributed by atoms with E-state index in [4.69, 9.17) is 4.74 Å². The van der Waals surface area contributed by atoms with E-state index >= 15 is 0 Å². The zero-order valence-corrected chi connectivity index (χ0v) is 12.6. The molecule has 0 radical (unpaired) electrons. The molecule has 0 aliphatic heterocycles. The van der Waals surface area contributed by atoms with E-state index in [-0.39, 0.29) is 18.0 Å². The van der Waals surface area contributed by atoms with Gasteiger partial charge < -0.3 is 9.84 Å². The third-order valence-electron chi connectivity index (χ3n) is 3.16. The molecule has 0 bridgehead atoms. The highest BCUT2D eigenvalue weighted by molar-refractivity contribution is 5.89. The summed E-state index contributed by atoms with van der Waals surface area (Å²) < 4.78 is 17.9. The molecule has 0 saturated heterocycles. The van der Waals surface area contributed by atoms with E-state index in [1.807, 2.05) is 0 Å². The molecule has 0 aliphatic carbocycles. The monoisotopic (exact) mass is 294 g/mol. The van der Waals surface area contributed by atoms with Crippen molar-refractivity contribution < 1.29 is 19.0 Å². The summed E-state index contributed by atoms with van der Waals surface area (Å²) in [6, 6.07) is 5.47. The van der Waals surface area contributed by atoms with Gasteiger partial charge in [-0.15, -0.1) is 0 Å². The molecule has 1 rings (SSSR count). The number of aliphatic hydroxyl groups excluding tert-OH is 1. The normalized spacial score (nSPS) is 13.0. The second-order valence-electron chi connectivity index (χ2n) is 4.83. The number of allylic oxidation sites excluding steroid dienone is 1. The van der Waals surface area contributed by atoms with Crippen molar-refractivity contribution in [2.45, 2.75) is 45.6 Å². The minimum absolute atomic E-state index is 0.222. The van der Waals surface area contributed by atoms with Gasteiger partial charge in [0.15, 0.2) is 0 Å². The first-order valence-electron chi connectivity index (χ1n) is 7.40. The Labute approximate surface area is 125 Å². The number of ether oxygens (including phenoxy) is 1. The molecular weight excluding hydrogens is 271 g/mol.